The number of hydrogen-bond acceptors (Lipinski definition) is 3. The number of rotatable bonds is 5. The van der Waals surface area contributed by atoms with Crippen LogP contribution in [0.4, 0.5) is 0 Å². The van der Waals surface area contributed by atoms with Crippen molar-refractivity contribution in [2.45, 2.75) is 38.6 Å². The molecule has 4 heteroatoms. The van der Waals surface area contributed by atoms with Gasteiger partial charge in [-0.3, -0.25) is 9.69 Å². The van der Waals surface area contributed by atoms with Crippen molar-refractivity contribution in [1.82, 2.24) is 10.2 Å². The number of nitrogens with zero attached hydrogens (tertiary/aromatic N) is 1. The summed E-state index contributed by atoms with van der Waals surface area (Å²) in [7, 11) is 0. The number of carbonyl (C=O) groups excluding carboxylic acids is 1. The molecule has 0 aromatic rings. The van der Waals surface area contributed by atoms with Crippen molar-refractivity contribution in [2.24, 2.45) is 11.3 Å². The maximum Gasteiger partial charge on any atom is 0.237 e. The Bertz CT molecular complexity index is 320. The number of thioether (sulfide) groups is 1. The summed E-state index contributed by atoms with van der Waals surface area (Å²) in [6.07, 6.45) is 5.48. The number of carbonyl (C=O) groups is 1. The van der Waals surface area contributed by atoms with Crippen LogP contribution in [0.25, 0.3) is 0 Å². The molecule has 1 atom stereocenters. The van der Waals surface area contributed by atoms with E-state index in [1.807, 2.05) is 11.8 Å². The van der Waals surface area contributed by atoms with Gasteiger partial charge in [-0.25, -0.2) is 0 Å². The molecular weight excluding hydrogens is 244 g/mol. The lowest BCUT2D eigenvalue weighted by molar-refractivity contribution is -0.126. The molecule has 2 saturated carbocycles. The van der Waals surface area contributed by atoms with Crippen molar-refractivity contribution in [3.05, 3.63) is 0 Å². The van der Waals surface area contributed by atoms with Crippen molar-refractivity contribution in [3.8, 4) is 0 Å². The maximum absolute atomic E-state index is 12.2. The fraction of sp³-hybridized carbons (Fsp3) is 0.929. The van der Waals surface area contributed by atoms with Crippen molar-refractivity contribution in [3.63, 3.8) is 0 Å². The quantitative estimate of drug-likeness (QED) is 0.824. The number of amides is 1. The van der Waals surface area contributed by atoms with Gasteiger partial charge in [0.1, 0.15) is 0 Å². The van der Waals surface area contributed by atoms with Crippen LogP contribution in [-0.2, 0) is 4.79 Å². The summed E-state index contributed by atoms with van der Waals surface area (Å²) in [4.78, 5) is 14.5. The summed E-state index contributed by atoms with van der Waals surface area (Å²) in [5.41, 5.74) is 0.521. The van der Waals surface area contributed by atoms with Gasteiger partial charge in [-0.05, 0) is 43.9 Å². The average Bonchev–Trinajstić information content (AvgIpc) is 3.28. The zero-order chi connectivity index (χ0) is 12.6. The minimum Gasteiger partial charge on any atom is -0.354 e. The van der Waals surface area contributed by atoms with Gasteiger partial charge >= 0.3 is 0 Å². The molecule has 0 unspecified atom stereocenters. The van der Waals surface area contributed by atoms with Gasteiger partial charge in [0.15, 0.2) is 0 Å². The van der Waals surface area contributed by atoms with E-state index in [-0.39, 0.29) is 11.9 Å². The van der Waals surface area contributed by atoms with E-state index < -0.39 is 0 Å². The number of nitrogens with one attached hydrogen (secondary N) is 1. The third kappa shape index (κ3) is 2.69. The Morgan fingerprint density at radius 3 is 2.61 bits per heavy atom. The zero-order valence-corrected chi connectivity index (χ0v) is 12.1. The van der Waals surface area contributed by atoms with Gasteiger partial charge in [-0.2, -0.15) is 11.8 Å². The molecular formula is C14H24N2OS. The predicted molar refractivity (Wildman–Crippen MR) is 75.8 cm³/mol. The first kappa shape index (κ1) is 12.8. The van der Waals surface area contributed by atoms with E-state index in [0.29, 0.717) is 5.41 Å². The summed E-state index contributed by atoms with van der Waals surface area (Å²) in [6, 6.07) is 0.0564. The van der Waals surface area contributed by atoms with Crippen molar-refractivity contribution >= 4 is 17.7 Å². The van der Waals surface area contributed by atoms with Crippen molar-refractivity contribution in [1.29, 1.82) is 0 Å². The minimum absolute atomic E-state index is 0.0564. The smallest absolute Gasteiger partial charge is 0.237 e. The molecule has 3 fully saturated rings. The summed E-state index contributed by atoms with van der Waals surface area (Å²) in [5, 5.41) is 3.22. The first-order valence-electron chi connectivity index (χ1n) is 7.31. The largest absolute Gasteiger partial charge is 0.354 e. The molecule has 2 aliphatic carbocycles. The summed E-state index contributed by atoms with van der Waals surface area (Å²) < 4.78 is 0. The lowest BCUT2D eigenvalue weighted by Crippen LogP contribution is -2.49. The first-order valence-corrected chi connectivity index (χ1v) is 8.46. The van der Waals surface area contributed by atoms with Crippen LogP contribution in [0.1, 0.15) is 32.6 Å². The van der Waals surface area contributed by atoms with E-state index in [1.165, 1.54) is 37.2 Å². The second-order valence-corrected chi connectivity index (χ2v) is 7.40. The third-order valence-electron chi connectivity index (χ3n) is 4.92. The lowest BCUT2D eigenvalue weighted by Gasteiger charge is -2.31. The Hall–Kier alpha value is -0.220. The fourth-order valence-corrected chi connectivity index (χ4v) is 4.06. The molecule has 102 valence electrons. The standard InChI is InChI=1S/C14H24N2OS/c1-11(16-6-8-18-9-7-16)13(17)15-10-14(4-5-14)12-2-3-12/h11-12H,2-10H2,1H3,(H,15,17)/t11-/m1/s1. The SMILES string of the molecule is C[C@H](C(=O)NCC1(C2CC2)CC1)N1CCSCC1. The molecule has 0 radical (unpaired) electrons. The molecule has 0 aromatic heterocycles. The van der Waals surface area contributed by atoms with Crippen molar-refractivity contribution < 1.29 is 4.79 Å². The maximum atomic E-state index is 12.2. The normalized spacial score (nSPS) is 28.7. The lowest BCUT2D eigenvalue weighted by atomic mass is 10.0. The Labute approximate surface area is 114 Å². The molecule has 3 aliphatic rings. The van der Waals surface area contributed by atoms with Crippen LogP contribution in [0.5, 0.6) is 0 Å². The Morgan fingerprint density at radius 1 is 1.39 bits per heavy atom. The minimum atomic E-state index is 0.0564. The molecule has 18 heavy (non-hydrogen) atoms. The Balaban J connectivity index is 1.45. The van der Waals surface area contributed by atoms with E-state index in [2.05, 4.69) is 17.1 Å². The monoisotopic (exact) mass is 268 g/mol. The topological polar surface area (TPSA) is 32.3 Å². The Kier molecular flexibility index (Phi) is 3.59. The van der Waals surface area contributed by atoms with Crippen LogP contribution < -0.4 is 5.32 Å². The molecule has 1 N–H and O–H groups in total. The highest BCUT2D eigenvalue weighted by atomic mass is 32.2. The van der Waals surface area contributed by atoms with E-state index in [1.54, 1.807) is 0 Å². The molecule has 1 saturated heterocycles. The molecule has 1 amide bonds. The van der Waals surface area contributed by atoms with Crippen molar-refractivity contribution in [2.75, 3.05) is 31.1 Å². The van der Waals surface area contributed by atoms with E-state index >= 15 is 0 Å². The van der Waals surface area contributed by atoms with Crippen LogP contribution in [0, 0.1) is 11.3 Å². The Morgan fingerprint density at radius 2 is 2.06 bits per heavy atom. The summed E-state index contributed by atoms with van der Waals surface area (Å²) in [6.45, 7) is 5.12. The molecule has 3 nitrogen and oxygen atoms in total. The zero-order valence-electron chi connectivity index (χ0n) is 11.3. The molecule has 3 rings (SSSR count). The highest BCUT2D eigenvalue weighted by Crippen LogP contribution is 2.60. The molecule has 1 heterocycles. The number of hydrogen-bond donors (Lipinski definition) is 1. The second kappa shape index (κ2) is 5.04. The highest BCUT2D eigenvalue weighted by molar-refractivity contribution is 7.99. The third-order valence-corrected chi connectivity index (χ3v) is 5.87. The van der Waals surface area contributed by atoms with Gasteiger partial charge in [0.2, 0.25) is 5.91 Å². The molecule has 0 aromatic carbocycles. The van der Waals surface area contributed by atoms with Gasteiger partial charge in [0, 0.05) is 31.1 Å². The van der Waals surface area contributed by atoms with E-state index in [4.69, 9.17) is 0 Å². The van der Waals surface area contributed by atoms with Crippen LogP contribution in [0.3, 0.4) is 0 Å². The first-order chi connectivity index (χ1) is 8.71. The van der Waals surface area contributed by atoms with Crippen LogP contribution >= 0.6 is 11.8 Å². The van der Waals surface area contributed by atoms with Gasteiger partial charge < -0.3 is 5.32 Å². The molecule has 0 bridgehead atoms. The van der Waals surface area contributed by atoms with Gasteiger partial charge in [-0.1, -0.05) is 0 Å². The van der Waals surface area contributed by atoms with Gasteiger partial charge in [-0.15, -0.1) is 0 Å². The molecule has 0 spiro atoms. The van der Waals surface area contributed by atoms with Crippen LogP contribution in [0.15, 0.2) is 0 Å². The fourth-order valence-electron chi connectivity index (χ4n) is 3.13. The summed E-state index contributed by atoms with van der Waals surface area (Å²) >= 11 is 1.99. The predicted octanol–water partition coefficient (Wildman–Crippen LogP) is 1.73. The molecule has 1 aliphatic heterocycles. The van der Waals surface area contributed by atoms with Crippen LogP contribution in [0.2, 0.25) is 0 Å². The van der Waals surface area contributed by atoms with Crippen LogP contribution in [-0.4, -0.2) is 48.0 Å². The highest BCUT2D eigenvalue weighted by Gasteiger charge is 2.53. The summed E-state index contributed by atoms with van der Waals surface area (Å²) in [5.74, 6) is 3.51. The average molecular weight is 268 g/mol. The van der Waals surface area contributed by atoms with E-state index in [9.17, 15) is 4.79 Å². The van der Waals surface area contributed by atoms with E-state index in [0.717, 1.165) is 25.6 Å². The van der Waals surface area contributed by atoms with Gasteiger partial charge in [0.25, 0.3) is 0 Å². The van der Waals surface area contributed by atoms with Gasteiger partial charge in [0.05, 0.1) is 6.04 Å². The second-order valence-electron chi connectivity index (χ2n) is 6.18.